The highest BCUT2D eigenvalue weighted by Crippen LogP contribution is 2.12. The molecule has 0 aliphatic carbocycles. The summed E-state index contributed by atoms with van der Waals surface area (Å²) in [5, 5.41) is 9.62. The van der Waals surface area contributed by atoms with Crippen molar-refractivity contribution in [1.29, 1.82) is 0 Å². The molecule has 310 valence electrons. The summed E-state index contributed by atoms with van der Waals surface area (Å²) in [6, 6.07) is 0. The van der Waals surface area contributed by atoms with Gasteiger partial charge in [-0.1, -0.05) is 180 Å². The van der Waals surface area contributed by atoms with Crippen LogP contribution in [-0.4, -0.2) is 37.0 Å². The Hall–Kier alpha value is -3.21. The molecular weight excluding hydrogens is 677 g/mol. The molecule has 0 saturated heterocycles. The molecule has 0 spiro atoms. The molecule has 1 unspecified atom stereocenters. The first-order chi connectivity index (χ1) is 27.2. The number of esters is 1. The Morgan fingerprint density at radius 1 is 0.436 bits per heavy atom. The van der Waals surface area contributed by atoms with Crippen molar-refractivity contribution in [3.8, 4) is 0 Å². The van der Waals surface area contributed by atoms with Gasteiger partial charge in [-0.2, -0.15) is 0 Å². The van der Waals surface area contributed by atoms with E-state index in [1.807, 2.05) is 0 Å². The number of hydrogen-bond acceptors (Lipinski definition) is 4. The number of hydrogen-bond donors (Lipinski definition) is 1. The van der Waals surface area contributed by atoms with Crippen LogP contribution >= 0.6 is 0 Å². The summed E-state index contributed by atoms with van der Waals surface area (Å²) in [7, 11) is 0. The van der Waals surface area contributed by atoms with Crippen LogP contribution in [0.2, 0.25) is 0 Å². The van der Waals surface area contributed by atoms with E-state index in [0.717, 1.165) is 109 Å². The lowest BCUT2D eigenvalue weighted by Gasteiger charge is -2.15. The lowest BCUT2D eigenvalue weighted by Crippen LogP contribution is -2.27. The smallest absolute Gasteiger partial charge is 0.306 e. The minimum atomic E-state index is -0.567. The van der Waals surface area contributed by atoms with Crippen LogP contribution in [0.1, 0.15) is 168 Å². The summed E-state index contributed by atoms with van der Waals surface area (Å²) in [6.07, 6.45) is 69.7. The number of carbonyl (C=O) groups excluding carboxylic acids is 1. The molecule has 0 amide bonds. The number of carbonyl (C=O) groups is 1. The molecule has 1 atom stereocenters. The zero-order valence-electron chi connectivity index (χ0n) is 35.4. The SMILES string of the molecule is CC/C=C\C/C=C\C/C=C\C/C=C\C/C=C\C/C=C\CCCCCOCC(CO)OC(=O)CCCCCCCCCC/C=C\C/C=C\C/C=C\C/C=C\CC. The molecule has 0 aromatic heterocycles. The first-order valence-electron chi connectivity index (χ1n) is 22.1. The van der Waals surface area contributed by atoms with Crippen molar-refractivity contribution in [2.24, 2.45) is 0 Å². The van der Waals surface area contributed by atoms with Crippen molar-refractivity contribution in [1.82, 2.24) is 0 Å². The standard InChI is InChI=1S/C51H82O4/c1-3-5-7-9-11-13-15-17-19-21-23-25-27-29-31-33-35-37-39-41-43-45-47-54-49-50(48-52)55-51(53)46-44-42-40-38-36-34-32-30-28-26-24-22-20-18-16-14-12-10-8-6-4-2/h5-8,11-14,17-20,23-26,29,31,35,37,50,52H,3-4,9-10,15-16,21-22,27-28,30,32-34,36,38-49H2,1-2H3/b7-5-,8-6-,13-11-,14-12-,19-17-,20-18-,25-23-,26-24-,31-29-,37-35-. The van der Waals surface area contributed by atoms with E-state index >= 15 is 0 Å². The van der Waals surface area contributed by atoms with Crippen LogP contribution in [0.4, 0.5) is 0 Å². The van der Waals surface area contributed by atoms with Crippen molar-refractivity contribution in [2.45, 2.75) is 174 Å². The summed E-state index contributed by atoms with van der Waals surface area (Å²) < 4.78 is 11.1. The first kappa shape index (κ1) is 51.8. The van der Waals surface area contributed by atoms with Gasteiger partial charge in [0.05, 0.1) is 13.2 Å². The fourth-order valence-corrected chi connectivity index (χ4v) is 5.56. The lowest BCUT2D eigenvalue weighted by atomic mass is 10.1. The van der Waals surface area contributed by atoms with E-state index in [9.17, 15) is 9.90 Å². The van der Waals surface area contributed by atoms with Gasteiger partial charge in [-0.25, -0.2) is 0 Å². The van der Waals surface area contributed by atoms with Gasteiger partial charge in [0, 0.05) is 13.0 Å². The zero-order chi connectivity index (χ0) is 39.8. The molecular formula is C51H82O4. The van der Waals surface area contributed by atoms with Gasteiger partial charge < -0.3 is 14.6 Å². The van der Waals surface area contributed by atoms with Crippen LogP contribution in [0.3, 0.4) is 0 Å². The van der Waals surface area contributed by atoms with E-state index in [1.54, 1.807) is 0 Å². The number of rotatable bonds is 39. The summed E-state index contributed by atoms with van der Waals surface area (Å²) >= 11 is 0. The quantitative estimate of drug-likeness (QED) is 0.0385. The third-order valence-electron chi connectivity index (χ3n) is 8.78. The normalized spacial score (nSPS) is 13.6. The molecule has 0 aromatic carbocycles. The number of allylic oxidation sites excluding steroid dienone is 20. The van der Waals surface area contributed by atoms with Crippen molar-refractivity contribution in [3.63, 3.8) is 0 Å². The summed E-state index contributed by atoms with van der Waals surface area (Å²) in [4.78, 5) is 12.2. The zero-order valence-corrected chi connectivity index (χ0v) is 35.4. The second-order valence-electron chi connectivity index (χ2n) is 14.0. The monoisotopic (exact) mass is 759 g/mol. The van der Waals surface area contributed by atoms with E-state index in [4.69, 9.17) is 9.47 Å². The van der Waals surface area contributed by atoms with Gasteiger partial charge in [-0.3, -0.25) is 4.79 Å². The average Bonchev–Trinajstić information content (AvgIpc) is 3.19. The van der Waals surface area contributed by atoms with E-state index in [0.29, 0.717) is 13.0 Å². The van der Waals surface area contributed by atoms with E-state index in [-0.39, 0.29) is 19.2 Å². The van der Waals surface area contributed by atoms with Gasteiger partial charge >= 0.3 is 5.97 Å². The largest absolute Gasteiger partial charge is 0.457 e. The molecule has 55 heavy (non-hydrogen) atoms. The molecule has 0 saturated carbocycles. The Morgan fingerprint density at radius 2 is 0.764 bits per heavy atom. The topological polar surface area (TPSA) is 55.8 Å². The summed E-state index contributed by atoms with van der Waals surface area (Å²) in [5.41, 5.74) is 0. The predicted molar refractivity (Wildman–Crippen MR) is 241 cm³/mol. The van der Waals surface area contributed by atoms with Gasteiger partial charge in [0.15, 0.2) is 0 Å². The van der Waals surface area contributed by atoms with Gasteiger partial charge in [-0.15, -0.1) is 0 Å². The molecule has 0 aliphatic rings. The Balaban J connectivity index is 3.58. The van der Waals surface area contributed by atoms with Crippen LogP contribution in [0.5, 0.6) is 0 Å². The molecule has 0 aromatic rings. The minimum absolute atomic E-state index is 0.198. The molecule has 0 aliphatic heterocycles. The maximum atomic E-state index is 12.2. The highest BCUT2D eigenvalue weighted by Gasteiger charge is 2.13. The Morgan fingerprint density at radius 3 is 1.15 bits per heavy atom. The first-order valence-corrected chi connectivity index (χ1v) is 22.1. The molecule has 0 rings (SSSR count). The third-order valence-corrected chi connectivity index (χ3v) is 8.78. The second-order valence-corrected chi connectivity index (χ2v) is 14.0. The van der Waals surface area contributed by atoms with Gasteiger partial charge in [0.25, 0.3) is 0 Å². The van der Waals surface area contributed by atoms with Crippen LogP contribution in [0.25, 0.3) is 0 Å². The number of ether oxygens (including phenoxy) is 2. The average molecular weight is 759 g/mol. The van der Waals surface area contributed by atoms with Gasteiger partial charge in [0.1, 0.15) is 6.10 Å². The molecule has 0 bridgehead atoms. The van der Waals surface area contributed by atoms with Gasteiger partial charge in [-0.05, 0) is 103 Å². The summed E-state index contributed by atoms with van der Waals surface area (Å²) in [6.45, 7) is 5.01. The number of aliphatic hydroxyl groups excluding tert-OH is 1. The van der Waals surface area contributed by atoms with Crippen LogP contribution in [0.15, 0.2) is 122 Å². The van der Waals surface area contributed by atoms with E-state index in [1.165, 1.54) is 38.5 Å². The summed E-state index contributed by atoms with van der Waals surface area (Å²) in [5.74, 6) is -0.227. The molecule has 1 N–H and O–H groups in total. The van der Waals surface area contributed by atoms with E-state index in [2.05, 4.69) is 135 Å². The van der Waals surface area contributed by atoms with E-state index < -0.39 is 6.10 Å². The van der Waals surface area contributed by atoms with Crippen molar-refractivity contribution >= 4 is 5.97 Å². The maximum Gasteiger partial charge on any atom is 0.306 e. The van der Waals surface area contributed by atoms with Crippen molar-refractivity contribution in [3.05, 3.63) is 122 Å². The predicted octanol–water partition coefficient (Wildman–Crippen LogP) is 14.9. The fourth-order valence-electron chi connectivity index (χ4n) is 5.56. The number of aliphatic hydroxyl groups is 1. The van der Waals surface area contributed by atoms with Crippen LogP contribution in [-0.2, 0) is 14.3 Å². The second kappa shape index (κ2) is 46.9. The van der Waals surface area contributed by atoms with Crippen molar-refractivity contribution in [2.75, 3.05) is 19.8 Å². The Bertz CT molecular complexity index is 1110. The molecule has 0 fully saturated rings. The van der Waals surface area contributed by atoms with Crippen LogP contribution in [0, 0.1) is 0 Å². The van der Waals surface area contributed by atoms with Gasteiger partial charge in [0.2, 0.25) is 0 Å². The van der Waals surface area contributed by atoms with Crippen LogP contribution < -0.4 is 0 Å². The molecule has 4 nitrogen and oxygen atoms in total. The maximum absolute atomic E-state index is 12.2. The lowest BCUT2D eigenvalue weighted by molar-refractivity contribution is -0.154. The number of unbranched alkanes of at least 4 members (excludes halogenated alkanes) is 11. The molecule has 4 heteroatoms. The Labute approximate surface area is 339 Å². The van der Waals surface area contributed by atoms with Crippen molar-refractivity contribution < 1.29 is 19.4 Å². The molecule has 0 heterocycles. The highest BCUT2D eigenvalue weighted by atomic mass is 16.6. The highest BCUT2D eigenvalue weighted by molar-refractivity contribution is 5.69. The Kier molecular flexibility index (Phi) is 44.2. The minimum Gasteiger partial charge on any atom is -0.457 e. The fraction of sp³-hybridized carbons (Fsp3) is 0.588. The third kappa shape index (κ3) is 45.1. The molecule has 0 radical (unpaired) electrons.